The zero-order valence-corrected chi connectivity index (χ0v) is 19.3. The monoisotopic (exact) mass is 512 g/mol. The van der Waals surface area contributed by atoms with Crippen molar-refractivity contribution in [3.05, 3.63) is 77.8 Å². The Morgan fingerprint density at radius 3 is 2.27 bits per heavy atom. The topological polar surface area (TPSA) is 85.5 Å². The van der Waals surface area contributed by atoms with Gasteiger partial charge in [-0.2, -0.15) is 13.2 Å². The first kappa shape index (κ1) is 24.3. The largest absolute Gasteiger partial charge is 0.417 e. The number of anilines is 1. The summed E-state index contributed by atoms with van der Waals surface area (Å²) in [6, 6.07) is 7.18. The smallest absolute Gasteiger partial charge is 0.368 e. The number of carbonyl (C=O) groups is 3. The summed E-state index contributed by atoms with van der Waals surface area (Å²) >= 11 is 0. The third-order valence-corrected chi connectivity index (χ3v) is 6.55. The average Bonchev–Trinajstić information content (AvgIpc) is 3.41. The molecule has 0 unspecified atom stereocenters. The molecule has 0 radical (unpaired) electrons. The van der Waals surface area contributed by atoms with E-state index in [1.165, 1.54) is 36.5 Å². The minimum absolute atomic E-state index is 0.184. The predicted octanol–water partition coefficient (Wildman–Crippen LogP) is 3.73. The number of carbonyl (C=O) groups excluding carboxylic acids is 3. The third kappa shape index (κ3) is 4.26. The highest BCUT2D eigenvalue weighted by Crippen LogP contribution is 2.42. The van der Waals surface area contributed by atoms with Gasteiger partial charge in [-0.25, -0.2) is 4.39 Å². The highest BCUT2D eigenvalue weighted by atomic mass is 19.4. The van der Waals surface area contributed by atoms with Gasteiger partial charge in [0.2, 0.25) is 5.91 Å². The predicted molar refractivity (Wildman–Crippen MR) is 129 cm³/mol. The summed E-state index contributed by atoms with van der Waals surface area (Å²) in [5.74, 6) is -2.58. The fraction of sp³-hybridized carbons (Fsp3) is 0.192. The molecule has 1 aromatic heterocycles. The quantitative estimate of drug-likeness (QED) is 0.317. The fourth-order valence-corrected chi connectivity index (χ4v) is 4.77. The lowest BCUT2D eigenvalue weighted by atomic mass is 9.92. The van der Waals surface area contributed by atoms with Gasteiger partial charge in [-0.05, 0) is 42.5 Å². The van der Waals surface area contributed by atoms with Crippen LogP contribution in [0, 0.1) is 5.82 Å². The number of hydrogen-bond donors (Lipinski definition) is 2. The molecule has 0 saturated carbocycles. The van der Waals surface area contributed by atoms with Crippen molar-refractivity contribution in [2.75, 3.05) is 31.1 Å². The molecule has 5 rings (SSSR count). The van der Waals surface area contributed by atoms with Crippen LogP contribution in [0.1, 0.15) is 16.7 Å². The molecule has 37 heavy (non-hydrogen) atoms. The zero-order valence-electron chi connectivity index (χ0n) is 19.3. The Morgan fingerprint density at radius 2 is 1.62 bits per heavy atom. The van der Waals surface area contributed by atoms with E-state index in [1.807, 2.05) is 0 Å². The summed E-state index contributed by atoms with van der Waals surface area (Å²) in [5.41, 5.74) is -1.23. The van der Waals surface area contributed by atoms with Crippen LogP contribution in [0.15, 0.2) is 55.3 Å². The fourth-order valence-electron chi connectivity index (χ4n) is 4.77. The molecule has 3 aromatic rings. The van der Waals surface area contributed by atoms with Crippen LogP contribution in [0.5, 0.6) is 0 Å². The maximum atomic E-state index is 14.1. The molecule has 3 amide bonds. The molecule has 2 N–H and O–H groups in total. The maximum absolute atomic E-state index is 14.1. The second kappa shape index (κ2) is 8.91. The Morgan fingerprint density at radius 1 is 0.946 bits per heavy atom. The molecule has 0 aliphatic carbocycles. The number of rotatable bonds is 4. The van der Waals surface area contributed by atoms with E-state index in [-0.39, 0.29) is 17.0 Å². The number of amides is 3. The number of hydrogen-bond acceptors (Lipinski definition) is 4. The molecule has 2 aliphatic heterocycles. The number of benzene rings is 2. The van der Waals surface area contributed by atoms with Gasteiger partial charge in [-0.1, -0.05) is 6.58 Å². The van der Waals surface area contributed by atoms with Gasteiger partial charge >= 0.3 is 6.18 Å². The van der Waals surface area contributed by atoms with Crippen molar-refractivity contribution in [1.29, 1.82) is 0 Å². The lowest BCUT2D eigenvalue weighted by Gasteiger charge is -2.36. The summed E-state index contributed by atoms with van der Waals surface area (Å²) < 4.78 is 56.0. The number of piperazine rings is 1. The number of H-pyrrole nitrogens is 1. The van der Waals surface area contributed by atoms with Crippen molar-refractivity contribution in [2.45, 2.75) is 6.18 Å². The average molecular weight is 512 g/mol. The first-order chi connectivity index (χ1) is 17.6. The molecule has 11 heteroatoms. The van der Waals surface area contributed by atoms with Crippen molar-refractivity contribution < 1.29 is 31.9 Å². The van der Waals surface area contributed by atoms with Crippen molar-refractivity contribution in [3.63, 3.8) is 0 Å². The number of aromatic nitrogens is 1. The second-order valence-corrected chi connectivity index (χ2v) is 8.67. The number of halogens is 4. The van der Waals surface area contributed by atoms with Crippen LogP contribution in [0.2, 0.25) is 0 Å². The molecule has 2 aromatic carbocycles. The van der Waals surface area contributed by atoms with Gasteiger partial charge in [0.15, 0.2) is 0 Å². The van der Waals surface area contributed by atoms with E-state index in [4.69, 9.17) is 0 Å². The molecule has 190 valence electrons. The number of nitrogens with one attached hydrogen (secondary N) is 2. The molecule has 0 bridgehead atoms. The van der Waals surface area contributed by atoms with Crippen LogP contribution in [0.3, 0.4) is 0 Å². The van der Waals surface area contributed by atoms with Gasteiger partial charge in [0.05, 0.1) is 16.7 Å². The first-order valence-electron chi connectivity index (χ1n) is 11.3. The van der Waals surface area contributed by atoms with Gasteiger partial charge in [0, 0.05) is 60.1 Å². The summed E-state index contributed by atoms with van der Waals surface area (Å²) in [7, 11) is 0. The molecule has 0 atom stereocenters. The zero-order chi connectivity index (χ0) is 26.5. The Bertz CT molecular complexity index is 1500. The van der Waals surface area contributed by atoms with Crippen molar-refractivity contribution in [3.8, 4) is 0 Å². The molecule has 7 nitrogen and oxygen atoms in total. The molecule has 1 fully saturated rings. The Kier molecular flexibility index (Phi) is 5.85. The van der Waals surface area contributed by atoms with Crippen LogP contribution >= 0.6 is 0 Å². The van der Waals surface area contributed by atoms with Gasteiger partial charge in [0.25, 0.3) is 11.8 Å². The lowest BCUT2D eigenvalue weighted by molar-refractivity contribution is -0.137. The standard InChI is InChI=1S/C26H20F4N4O3/c1-2-21(35)34-9-7-33(8-10-34)15-4-6-19(26(28,29)30)17(12-15)22-23(25(37)32-24(22)36)18-13-31-20-11-14(27)3-5-16(18)20/h2-6,11-13,31H,1,7-10H2,(H,32,36,37). The van der Waals surface area contributed by atoms with Crippen molar-refractivity contribution in [1.82, 2.24) is 15.2 Å². The van der Waals surface area contributed by atoms with Crippen LogP contribution in [0.4, 0.5) is 23.2 Å². The summed E-state index contributed by atoms with van der Waals surface area (Å²) in [5, 5.41) is 2.49. The van der Waals surface area contributed by atoms with E-state index in [0.717, 1.165) is 12.1 Å². The highest BCUT2D eigenvalue weighted by molar-refractivity contribution is 6.50. The van der Waals surface area contributed by atoms with Gasteiger partial charge in [-0.15, -0.1) is 0 Å². The van der Waals surface area contributed by atoms with Crippen LogP contribution in [-0.2, 0) is 20.6 Å². The number of nitrogens with zero attached hydrogens (tertiary/aromatic N) is 2. The molecule has 0 spiro atoms. The van der Waals surface area contributed by atoms with Gasteiger partial charge < -0.3 is 14.8 Å². The molecular weight excluding hydrogens is 492 g/mol. The minimum Gasteiger partial charge on any atom is -0.368 e. The van der Waals surface area contributed by atoms with E-state index in [9.17, 15) is 31.9 Å². The summed E-state index contributed by atoms with van der Waals surface area (Å²) in [6.45, 7) is 4.87. The van der Waals surface area contributed by atoms with Crippen LogP contribution in [0.25, 0.3) is 22.0 Å². The van der Waals surface area contributed by atoms with E-state index in [2.05, 4.69) is 16.9 Å². The number of fused-ring (bicyclic) bond motifs is 1. The first-order valence-corrected chi connectivity index (χ1v) is 11.3. The van der Waals surface area contributed by atoms with E-state index in [0.29, 0.717) is 42.8 Å². The third-order valence-electron chi connectivity index (χ3n) is 6.55. The van der Waals surface area contributed by atoms with E-state index < -0.39 is 40.5 Å². The summed E-state index contributed by atoms with van der Waals surface area (Å²) in [6.07, 6.45) is -2.24. The number of imide groups is 1. The lowest BCUT2D eigenvalue weighted by Crippen LogP contribution is -2.48. The number of alkyl halides is 3. The van der Waals surface area contributed by atoms with Crippen LogP contribution in [-0.4, -0.2) is 53.8 Å². The SMILES string of the molecule is C=CC(=O)N1CCN(c2ccc(C(F)(F)F)c(C3=C(c4c[nH]c5cc(F)ccc45)C(=O)NC3=O)c2)CC1. The Hall–Kier alpha value is -4.41. The number of aromatic amines is 1. The maximum Gasteiger partial charge on any atom is 0.417 e. The normalized spacial score (nSPS) is 16.5. The van der Waals surface area contributed by atoms with Crippen molar-refractivity contribution >= 4 is 45.5 Å². The Labute approximate surface area is 208 Å². The molecule has 1 saturated heterocycles. The molecule has 3 heterocycles. The summed E-state index contributed by atoms with van der Waals surface area (Å²) in [4.78, 5) is 43.8. The second-order valence-electron chi connectivity index (χ2n) is 8.67. The molecule has 2 aliphatic rings. The van der Waals surface area contributed by atoms with Crippen LogP contribution < -0.4 is 10.2 Å². The van der Waals surface area contributed by atoms with Crippen molar-refractivity contribution in [2.24, 2.45) is 0 Å². The van der Waals surface area contributed by atoms with Gasteiger partial charge in [0.1, 0.15) is 5.82 Å². The highest BCUT2D eigenvalue weighted by Gasteiger charge is 2.40. The van der Waals surface area contributed by atoms with E-state index in [1.54, 1.807) is 9.80 Å². The van der Waals surface area contributed by atoms with Gasteiger partial charge in [-0.3, -0.25) is 19.7 Å². The molecular formula is C26H20F4N4O3. The van der Waals surface area contributed by atoms with E-state index >= 15 is 0 Å². The minimum atomic E-state index is -4.81. The Balaban J connectivity index is 1.65.